The minimum absolute atomic E-state index is 0. The quantitative estimate of drug-likeness (QED) is 0.196. The Balaban J connectivity index is 0.00000576. The Morgan fingerprint density at radius 2 is 2.04 bits per heavy atom. The van der Waals surface area contributed by atoms with Gasteiger partial charge >= 0.3 is 0 Å². The Hall–Kier alpha value is -1.00. The summed E-state index contributed by atoms with van der Waals surface area (Å²) < 4.78 is 5.04. The van der Waals surface area contributed by atoms with Crippen LogP contribution in [0.4, 0.5) is 0 Å². The minimum atomic E-state index is -0.00335. The zero-order chi connectivity index (χ0) is 17.9. The third kappa shape index (κ3) is 9.31. The molecule has 6 nitrogen and oxygen atoms in total. The standard InChI is InChI=1S/C17H28N4O2S.HI/c1-13-6-7-14(15(10-13)24-5)11-19-17(18-8-9-23-4)20-12-16(22)21(2)3;/h6-7,10H,8-9,11-12H2,1-5H3,(H2,18,19,20);1H. The van der Waals surface area contributed by atoms with Crippen LogP contribution in [-0.4, -0.2) is 63.9 Å². The van der Waals surface area contributed by atoms with Crippen LogP contribution in [0.15, 0.2) is 28.1 Å². The number of amides is 1. The normalized spacial score (nSPS) is 10.8. The van der Waals surface area contributed by atoms with E-state index in [2.05, 4.69) is 47.0 Å². The monoisotopic (exact) mass is 480 g/mol. The molecule has 0 aliphatic rings. The van der Waals surface area contributed by atoms with E-state index in [0.717, 1.165) is 0 Å². The number of hydrogen-bond donors (Lipinski definition) is 2. The molecule has 0 heterocycles. The molecule has 2 N–H and O–H groups in total. The van der Waals surface area contributed by atoms with E-state index in [1.54, 1.807) is 37.9 Å². The summed E-state index contributed by atoms with van der Waals surface area (Å²) in [6, 6.07) is 6.35. The molecule has 25 heavy (non-hydrogen) atoms. The molecule has 1 rings (SSSR count). The topological polar surface area (TPSA) is 66.0 Å². The van der Waals surface area contributed by atoms with Crippen LogP contribution >= 0.6 is 35.7 Å². The van der Waals surface area contributed by atoms with E-state index >= 15 is 0 Å². The predicted octanol–water partition coefficient (Wildman–Crippen LogP) is 2.10. The number of benzene rings is 1. The lowest BCUT2D eigenvalue weighted by Gasteiger charge is -2.15. The number of nitrogens with one attached hydrogen (secondary N) is 2. The summed E-state index contributed by atoms with van der Waals surface area (Å²) in [5.74, 6) is 0.603. The first-order chi connectivity index (χ1) is 11.5. The summed E-state index contributed by atoms with van der Waals surface area (Å²) in [5.41, 5.74) is 2.40. The highest BCUT2D eigenvalue weighted by atomic mass is 127. The number of hydrogen-bond acceptors (Lipinski definition) is 4. The molecule has 1 amide bonds. The number of carbonyl (C=O) groups excluding carboxylic acids is 1. The van der Waals surface area contributed by atoms with Crippen LogP contribution < -0.4 is 10.6 Å². The van der Waals surface area contributed by atoms with Crippen molar-refractivity contribution in [2.45, 2.75) is 18.4 Å². The Morgan fingerprint density at radius 1 is 1.32 bits per heavy atom. The molecule has 0 atom stereocenters. The second-order valence-corrected chi connectivity index (χ2v) is 6.39. The number of aryl methyl sites for hydroxylation is 1. The second kappa shape index (κ2) is 13.2. The average Bonchev–Trinajstić information content (AvgIpc) is 2.57. The van der Waals surface area contributed by atoms with Crippen LogP contribution in [0.25, 0.3) is 0 Å². The summed E-state index contributed by atoms with van der Waals surface area (Å²) in [6.07, 6.45) is 2.06. The fourth-order valence-electron chi connectivity index (χ4n) is 1.91. The van der Waals surface area contributed by atoms with E-state index < -0.39 is 0 Å². The van der Waals surface area contributed by atoms with Crippen LogP contribution in [0.1, 0.15) is 11.1 Å². The van der Waals surface area contributed by atoms with Gasteiger partial charge in [0.1, 0.15) is 0 Å². The Bertz CT molecular complexity index is 568. The lowest BCUT2D eigenvalue weighted by Crippen LogP contribution is -2.43. The maximum atomic E-state index is 11.7. The van der Waals surface area contributed by atoms with Crippen molar-refractivity contribution in [3.05, 3.63) is 29.3 Å². The highest BCUT2D eigenvalue weighted by Gasteiger charge is 2.07. The zero-order valence-electron chi connectivity index (χ0n) is 15.6. The summed E-state index contributed by atoms with van der Waals surface area (Å²) in [7, 11) is 5.12. The van der Waals surface area contributed by atoms with Crippen molar-refractivity contribution in [2.24, 2.45) is 4.99 Å². The molecule has 0 unspecified atom stereocenters. The molecule has 0 saturated carbocycles. The number of halogens is 1. The smallest absolute Gasteiger partial charge is 0.241 e. The Kier molecular flexibility index (Phi) is 12.7. The van der Waals surface area contributed by atoms with Crippen LogP contribution in [0, 0.1) is 6.92 Å². The highest BCUT2D eigenvalue weighted by Crippen LogP contribution is 2.22. The Labute approximate surface area is 172 Å². The summed E-state index contributed by atoms with van der Waals surface area (Å²) >= 11 is 1.71. The molecular formula is C17H29IN4O2S. The van der Waals surface area contributed by atoms with E-state index in [9.17, 15) is 4.79 Å². The van der Waals surface area contributed by atoms with Crippen LogP contribution in [0.2, 0.25) is 0 Å². The lowest BCUT2D eigenvalue weighted by atomic mass is 10.1. The van der Waals surface area contributed by atoms with E-state index in [4.69, 9.17) is 4.74 Å². The maximum Gasteiger partial charge on any atom is 0.241 e. The maximum absolute atomic E-state index is 11.7. The molecule has 142 valence electrons. The minimum Gasteiger partial charge on any atom is -0.383 e. The SMILES string of the molecule is COCCNC(=NCc1ccc(C)cc1SC)NCC(=O)N(C)C.I. The van der Waals surface area contributed by atoms with Crippen LogP contribution in [-0.2, 0) is 16.1 Å². The third-order valence-electron chi connectivity index (χ3n) is 3.35. The van der Waals surface area contributed by atoms with Gasteiger partial charge in [-0.15, -0.1) is 35.7 Å². The predicted molar refractivity (Wildman–Crippen MR) is 116 cm³/mol. The molecule has 0 fully saturated rings. The molecule has 0 bridgehead atoms. The molecule has 1 aromatic rings. The van der Waals surface area contributed by atoms with Gasteiger partial charge in [-0.2, -0.15) is 0 Å². The van der Waals surface area contributed by atoms with Crippen LogP contribution in [0.5, 0.6) is 0 Å². The number of methoxy groups -OCH3 is 1. The number of guanidine groups is 1. The fourth-order valence-corrected chi connectivity index (χ4v) is 2.61. The van der Waals surface area contributed by atoms with Crippen molar-refractivity contribution in [1.82, 2.24) is 15.5 Å². The molecule has 0 aliphatic heterocycles. The molecule has 0 aromatic heterocycles. The largest absolute Gasteiger partial charge is 0.383 e. The van der Waals surface area contributed by atoms with E-state index in [-0.39, 0.29) is 36.4 Å². The molecule has 0 radical (unpaired) electrons. The van der Waals surface area contributed by atoms with Crippen molar-refractivity contribution >= 4 is 47.6 Å². The molecule has 0 spiro atoms. The number of nitrogens with zero attached hydrogens (tertiary/aromatic N) is 2. The van der Waals surface area contributed by atoms with Crippen LogP contribution in [0.3, 0.4) is 0 Å². The number of carbonyl (C=O) groups is 1. The fraction of sp³-hybridized carbons (Fsp3) is 0.529. The zero-order valence-corrected chi connectivity index (χ0v) is 18.7. The van der Waals surface area contributed by atoms with Gasteiger partial charge in [0.25, 0.3) is 0 Å². The number of ether oxygens (including phenoxy) is 1. The third-order valence-corrected chi connectivity index (χ3v) is 4.17. The number of rotatable bonds is 8. The van der Waals surface area contributed by atoms with Crippen molar-refractivity contribution in [1.29, 1.82) is 0 Å². The molecule has 8 heteroatoms. The first kappa shape index (κ1) is 24.0. The van der Waals surface area contributed by atoms with Gasteiger partial charge in [-0.1, -0.05) is 12.1 Å². The number of likely N-dealkylation sites (N-methyl/N-ethyl adjacent to an activating group) is 1. The van der Waals surface area contributed by atoms with Crippen molar-refractivity contribution in [2.75, 3.05) is 47.2 Å². The van der Waals surface area contributed by atoms with Gasteiger partial charge in [-0.25, -0.2) is 4.99 Å². The summed E-state index contributed by atoms with van der Waals surface area (Å²) in [6.45, 7) is 4.04. The van der Waals surface area contributed by atoms with Crippen molar-refractivity contribution in [3.8, 4) is 0 Å². The van der Waals surface area contributed by atoms with Gasteiger partial charge in [-0.05, 0) is 30.4 Å². The lowest BCUT2D eigenvalue weighted by molar-refractivity contribution is -0.127. The van der Waals surface area contributed by atoms with Gasteiger partial charge in [0.15, 0.2) is 5.96 Å². The van der Waals surface area contributed by atoms with E-state index in [0.29, 0.717) is 25.7 Å². The first-order valence-electron chi connectivity index (χ1n) is 7.82. The molecule has 0 aliphatic carbocycles. The first-order valence-corrected chi connectivity index (χ1v) is 9.05. The van der Waals surface area contributed by atoms with Crippen molar-refractivity contribution in [3.63, 3.8) is 0 Å². The van der Waals surface area contributed by atoms with Gasteiger partial charge in [0.05, 0.1) is 19.7 Å². The van der Waals surface area contributed by atoms with E-state index in [1.807, 2.05) is 0 Å². The number of thioether (sulfide) groups is 1. The second-order valence-electron chi connectivity index (χ2n) is 5.54. The number of aliphatic imine (C=N–C) groups is 1. The summed E-state index contributed by atoms with van der Waals surface area (Å²) in [4.78, 5) is 19.1. The van der Waals surface area contributed by atoms with Gasteiger partial charge in [0.2, 0.25) is 5.91 Å². The molecule has 1 aromatic carbocycles. The average molecular weight is 480 g/mol. The van der Waals surface area contributed by atoms with Gasteiger partial charge < -0.3 is 20.3 Å². The van der Waals surface area contributed by atoms with E-state index in [1.165, 1.54) is 16.0 Å². The van der Waals surface area contributed by atoms with Gasteiger partial charge in [-0.3, -0.25) is 4.79 Å². The Morgan fingerprint density at radius 3 is 2.64 bits per heavy atom. The molecule has 0 saturated heterocycles. The van der Waals surface area contributed by atoms with Crippen molar-refractivity contribution < 1.29 is 9.53 Å². The molecular weight excluding hydrogens is 451 g/mol. The van der Waals surface area contributed by atoms with Gasteiger partial charge in [0, 0.05) is 32.6 Å². The highest BCUT2D eigenvalue weighted by molar-refractivity contribution is 14.0. The summed E-state index contributed by atoms with van der Waals surface area (Å²) in [5, 5.41) is 6.23.